The van der Waals surface area contributed by atoms with Crippen molar-refractivity contribution in [2.24, 2.45) is 0 Å². The summed E-state index contributed by atoms with van der Waals surface area (Å²) in [4.78, 5) is 21.8. The van der Waals surface area contributed by atoms with Crippen LogP contribution in [0.1, 0.15) is 39.3 Å². The number of rotatable bonds is 5. The van der Waals surface area contributed by atoms with Crippen LogP contribution < -0.4 is 5.32 Å². The number of morpholine rings is 1. The number of amides is 1. The molecule has 0 saturated carbocycles. The number of fused-ring (bicyclic) bond motifs is 2. The zero-order valence-corrected chi connectivity index (χ0v) is 18.8. The van der Waals surface area contributed by atoms with Crippen molar-refractivity contribution in [3.05, 3.63) is 57.4 Å². The summed E-state index contributed by atoms with van der Waals surface area (Å²) in [5.41, 5.74) is 5.87. The van der Waals surface area contributed by atoms with Gasteiger partial charge >= 0.3 is 0 Å². The number of allylic oxidation sites excluding steroid dienone is 1. The molecule has 1 amide bonds. The lowest BCUT2D eigenvalue weighted by Gasteiger charge is -2.26. The highest BCUT2D eigenvalue weighted by Crippen LogP contribution is 2.41. The van der Waals surface area contributed by atoms with E-state index in [0.29, 0.717) is 22.7 Å². The van der Waals surface area contributed by atoms with Gasteiger partial charge in [-0.3, -0.25) is 9.69 Å². The number of hydrogen-bond acceptors (Lipinski definition) is 4. The molecule has 3 heterocycles. The minimum absolute atomic E-state index is 0.0549. The number of benzene rings is 1. The molecule has 0 spiro atoms. The van der Waals surface area contributed by atoms with Crippen LogP contribution in [-0.4, -0.2) is 65.3 Å². The number of hydrogen-bond donors (Lipinski definition) is 4. The number of aromatic nitrogens is 2. The molecule has 1 fully saturated rings. The van der Waals surface area contributed by atoms with Crippen molar-refractivity contribution < 1.29 is 14.6 Å². The molecule has 168 valence electrons. The van der Waals surface area contributed by atoms with E-state index in [4.69, 9.17) is 16.3 Å². The number of nitrogens with one attached hydrogen (secondary N) is 3. The number of carbonyl (C=O) groups excluding carboxylic acids is 1. The van der Waals surface area contributed by atoms with Gasteiger partial charge in [0.05, 0.1) is 30.0 Å². The number of carbonyl (C=O) groups is 1. The molecular formula is C24H27ClN4O3. The van der Waals surface area contributed by atoms with Crippen molar-refractivity contribution in [3.63, 3.8) is 0 Å². The fraction of sp³-hybridized carbons (Fsp3) is 0.375. The average Bonchev–Trinajstić information content (AvgIpc) is 3.29. The molecule has 1 aliphatic carbocycles. The lowest BCUT2D eigenvalue weighted by atomic mass is 9.89. The first kappa shape index (κ1) is 21.1. The number of ether oxygens (including phenoxy) is 1. The lowest BCUT2D eigenvalue weighted by Crippen LogP contribution is -2.41. The quantitative estimate of drug-likeness (QED) is 0.474. The molecule has 8 heteroatoms. The molecule has 1 aliphatic heterocycles. The Balaban J connectivity index is 1.42. The molecule has 4 N–H and O–H groups in total. The van der Waals surface area contributed by atoms with E-state index in [1.54, 1.807) is 6.07 Å². The zero-order valence-electron chi connectivity index (χ0n) is 18.1. The van der Waals surface area contributed by atoms with Gasteiger partial charge in [0.1, 0.15) is 0 Å². The van der Waals surface area contributed by atoms with E-state index in [1.165, 1.54) is 0 Å². The number of aromatic hydroxyl groups is 1. The summed E-state index contributed by atoms with van der Waals surface area (Å²) in [6.45, 7) is 6.65. The van der Waals surface area contributed by atoms with E-state index in [0.717, 1.165) is 79.1 Å². The van der Waals surface area contributed by atoms with Crippen LogP contribution in [0, 0.1) is 6.92 Å². The van der Waals surface area contributed by atoms with Crippen LogP contribution in [0.3, 0.4) is 0 Å². The second-order valence-corrected chi connectivity index (χ2v) is 8.82. The largest absolute Gasteiger partial charge is 0.494 e. The van der Waals surface area contributed by atoms with Crippen LogP contribution in [0.25, 0.3) is 16.5 Å². The van der Waals surface area contributed by atoms with E-state index in [2.05, 4.69) is 26.3 Å². The molecule has 1 saturated heterocycles. The summed E-state index contributed by atoms with van der Waals surface area (Å²) in [7, 11) is 0. The van der Waals surface area contributed by atoms with E-state index in [1.807, 2.05) is 19.1 Å². The van der Waals surface area contributed by atoms with Crippen molar-refractivity contribution in [2.45, 2.75) is 19.8 Å². The van der Waals surface area contributed by atoms with Crippen molar-refractivity contribution in [2.75, 3.05) is 39.4 Å². The summed E-state index contributed by atoms with van der Waals surface area (Å²) < 4.78 is 5.38. The van der Waals surface area contributed by atoms with Gasteiger partial charge < -0.3 is 25.1 Å². The van der Waals surface area contributed by atoms with Gasteiger partial charge in [0.15, 0.2) is 5.88 Å². The van der Waals surface area contributed by atoms with Crippen molar-refractivity contribution in [1.82, 2.24) is 20.2 Å². The van der Waals surface area contributed by atoms with Gasteiger partial charge in [-0.25, -0.2) is 0 Å². The number of halogens is 1. The van der Waals surface area contributed by atoms with Crippen LogP contribution in [0.15, 0.2) is 24.3 Å². The molecule has 0 bridgehead atoms. The van der Waals surface area contributed by atoms with E-state index >= 15 is 0 Å². The smallest absolute Gasteiger partial charge is 0.253 e. The Bertz CT molecular complexity index is 1200. The molecule has 2 aromatic heterocycles. The van der Waals surface area contributed by atoms with Crippen LogP contribution >= 0.6 is 11.6 Å². The third kappa shape index (κ3) is 3.81. The molecule has 5 rings (SSSR count). The topological polar surface area (TPSA) is 93.4 Å². The van der Waals surface area contributed by atoms with Crippen LogP contribution in [0.5, 0.6) is 5.88 Å². The Kier molecular flexibility index (Phi) is 5.71. The van der Waals surface area contributed by atoms with Crippen molar-refractivity contribution >= 4 is 34.0 Å². The summed E-state index contributed by atoms with van der Waals surface area (Å²) in [5.74, 6) is 0.0471. The summed E-state index contributed by atoms with van der Waals surface area (Å²) in [5, 5.41) is 15.2. The first-order chi connectivity index (χ1) is 15.5. The zero-order chi connectivity index (χ0) is 22.2. The van der Waals surface area contributed by atoms with Crippen LogP contribution in [0.2, 0.25) is 5.02 Å². The first-order valence-corrected chi connectivity index (χ1v) is 11.4. The molecule has 0 radical (unpaired) electrons. The van der Waals surface area contributed by atoms with E-state index in [-0.39, 0.29) is 11.8 Å². The highest BCUT2D eigenvalue weighted by Gasteiger charge is 2.28. The highest BCUT2D eigenvalue weighted by molar-refractivity contribution is 6.31. The minimum atomic E-state index is -0.0549. The summed E-state index contributed by atoms with van der Waals surface area (Å²) >= 11 is 6.23. The molecule has 32 heavy (non-hydrogen) atoms. The standard InChI is InChI=1S/C24H27ClN4O3/c1-14-20(23(30)26-7-8-29-9-11-32-12-10-29)16-3-2-4-17(22(16)27-14)21-18-13-15(25)5-6-19(18)28-24(21)31/h4-6,13,27-28,31H,2-3,7-12H2,1H3,(H,26,30). The monoisotopic (exact) mass is 454 g/mol. The molecule has 0 unspecified atom stereocenters. The summed E-state index contributed by atoms with van der Waals surface area (Å²) in [6.07, 6.45) is 3.68. The lowest BCUT2D eigenvalue weighted by molar-refractivity contribution is 0.0383. The number of nitrogens with zero attached hydrogens (tertiary/aromatic N) is 1. The Morgan fingerprint density at radius 1 is 1.28 bits per heavy atom. The molecule has 3 aromatic rings. The van der Waals surface area contributed by atoms with Gasteiger partial charge in [-0.05, 0) is 43.5 Å². The first-order valence-electron chi connectivity index (χ1n) is 11.0. The maximum atomic E-state index is 13.1. The van der Waals surface area contributed by atoms with Gasteiger partial charge in [0, 0.05) is 53.4 Å². The van der Waals surface area contributed by atoms with Gasteiger partial charge in [0.25, 0.3) is 5.91 Å². The summed E-state index contributed by atoms with van der Waals surface area (Å²) in [6, 6.07) is 5.51. The van der Waals surface area contributed by atoms with Gasteiger partial charge in [-0.1, -0.05) is 17.7 Å². The van der Waals surface area contributed by atoms with Crippen molar-refractivity contribution in [3.8, 4) is 5.88 Å². The average molecular weight is 455 g/mol. The molecule has 0 atom stereocenters. The van der Waals surface area contributed by atoms with Crippen molar-refractivity contribution in [1.29, 1.82) is 0 Å². The number of aryl methyl sites for hydroxylation is 1. The van der Waals surface area contributed by atoms with E-state index in [9.17, 15) is 9.90 Å². The number of aromatic amines is 2. The SMILES string of the molecule is Cc1[nH]c2c(c1C(=O)NCCN1CCOCC1)CCC=C2c1c(O)[nH]c2ccc(Cl)cc12. The maximum Gasteiger partial charge on any atom is 0.253 e. The Morgan fingerprint density at radius 2 is 2.09 bits per heavy atom. The number of H-pyrrole nitrogens is 2. The molecule has 1 aromatic carbocycles. The normalized spacial score (nSPS) is 16.8. The molecule has 7 nitrogen and oxygen atoms in total. The highest BCUT2D eigenvalue weighted by atomic mass is 35.5. The Hall–Kier alpha value is -2.74. The van der Waals surface area contributed by atoms with Gasteiger partial charge in [0.2, 0.25) is 0 Å². The maximum absolute atomic E-state index is 13.1. The third-order valence-corrected chi connectivity index (χ3v) is 6.59. The Morgan fingerprint density at radius 3 is 2.91 bits per heavy atom. The third-order valence-electron chi connectivity index (χ3n) is 6.36. The molecular weight excluding hydrogens is 428 g/mol. The fourth-order valence-corrected chi connectivity index (χ4v) is 4.99. The predicted octanol–water partition coefficient (Wildman–Crippen LogP) is 3.60. The second-order valence-electron chi connectivity index (χ2n) is 8.38. The van der Waals surface area contributed by atoms with E-state index < -0.39 is 0 Å². The second kappa shape index (κ2) is 8.65. The van der Waals surface area contributed by atoms with Gasteiger partial charge in [-0.2, -0.15) is 0 Å². The van der Waals surface area contributed by atoms with Crippen LogP contribution in [-0.2, 0) is 11.2 Å². The fourth-order valence-electron chi connectivity index (χ4n) is 4.82. The minimum Gasteiger partial charge on any atom is -0.494 e. The van der Waals surface area contributed by atoms with Crippen LogP contribution in [0.4, 0.5) is 0 Å². The Labute approximate surface area is 191 Å². The molecule has 2 aliphatic rings. The predicted molar refractivity (Wildman–Crippen MR) is 125 cm³/mol. The van der Waals surface area contributed by atoms with Gasteiger partial charge in [-0.15, -0.1) is 0 Å².